The molecule has 0 fully saturated rings. The monoisotopic (exact) mass is 399 g/mol. The summed E-state index contributed by atoms with van der Waals surface area (Å²) < 4.78 is 12.6. The molecule has 156 valence electrons. The van der Waals surface area contributed by atoms with Crippen molar-refractivity contribution in [2.24, 2.45) is 0 Å². The first-order valence-electron chi connectivity index (χ1n) is 10.2. The van der Waals surface area contributed by atoms with Crippen LogP contribution in [0.25, 0.3) is 16.7 Å². The van der Waals surface area contributed by atoms with E-state index < -0.39 is 0 Å². The number of anilines is 1. The van der Waals surface area contributed by atoms with Crippen molar-refractivity contribution in [3.63, 3.8) is 0 Å². The van der Waals surface area contributed by atoms with Gasteiger partial charge in [0.2, 0.25) is 5.65 Å². The third kappa shape index (κ3) is 4.93. The third-order valence-electron chi connectivity index (χ3n) is 4.95. The molecule has 0 saturated carbocycles. The predicted molar refractivity (Wildman–Crippen MR) is 112 cm³/mol. The Hall–Kier alpha value is -2.90. The number of carbonyl (C=O) groups is 1. The fourth-order valence-electron chi connectivity index (χ4n) is 3.15. The zero-order valence-corrected chi connectivity index (χ0v) is 17.6. The lowest BCUT2D eigenvalue weighted by molar-refractivity contribution is -0.148. The van der Waals surface area contributed by atoms with E-state index in [4.69, 9.17) is 14.5 Å². The topological polar surface area (TPSA) is 90.6 Å². The van der Waals surface area contributed by atoms with E-state index >= 15 is 0 Å². The summed E-state index contributed by atoms with van der Waals surface area (Å²) in [5, 5.41) is 11.9. The minimum atomic E-state index is -0.113. The number of carbonyl (C=O) groups excluding carboxylic acids is 1. The fraction of sp³-hybridized carbons (Fsp3) is 0.524. The second-order valence-electron chi connectivity index (χ2n) is 7.17. The molecule has 0 spiro atoms. The molecular formula is C21H29N5O3. The zero-order chi connectivity index (χ0) is 20.8. The molecular weight excluding hydrogens is 370 g/mol. The van der Waals surface area contributed by atoms with Gasteiger partial charge in [0.25, 0.3) is 0 Å². The van der Waals surface area contributed by atoms with Gasteiger partial charge in [-0.2, -0.15) is 0 Å². The number of hydrogen-bond acceptors (Lipinski definition) is 7. The molecule has 29 heavy (non-hydrogen) atoms. The van der Waals surface area contributed by atoms with Crippen LogP contribution < -0.4 is 10.1 Å². The molecule has 0 bridgehead atoms. The first-order valence-corrected chi connectivity index (χ1v) is 10.2. The number of aromatic nitrogens is 4. The van der Waals surface area contributed by atoms with Gasteiger partial charge >= 0.3 is 5.97 Å². The number of fused-ring (bicyclic) bond motifs is 3. The smallest absolute Gasteiger partial charge is 0.306 e. The van der Waals surface area contributed by atoms with Gasteiger partial charge in [0.05, 0.1) is 24.2 Å². The van der Waals surface area contributed by atoms with Crippen LogP contribution in [0, 0.1) is 6.92 Å². The van der Waals surface area contributed by atoms with E-state index in [1.165, 1.54) is 0 Å². The minimum absolute atomic E-state index is 0.00390. The standard InChI is InChI=1S/C21H29N5O3/c1-5-14(2)29-19(27)9-7-6-8-12-22-20-21-25-24-15(3)26(21)18-11-10-16(28-4)13-17(18)23-20/h10-11,13-14H,5-9,12H2,1-4H3,(H,22,23). The summed E-state index contributed by atoms with van der Waals surface area (Å²) in [5.74, 6) is 2.14. The molecule has 1 unspecified atom stereocenters. The van der Waals surface area contributed by atoms with Crippen LogP contribution in [0.4, 0.5) is 5.82 Å². The Balaban J connectivity index is 1.60. The molecule has 2 aromatic heterocycles. The highest BCUT2D eigenvalue weighted by Gasteiger charge is 2.13. The Morgan fingerprint density at radius 2 is 2.07 bits per heavy atom. The van der Waals surface area contributed by atoms with E-state index in [9.17, 15) is 4.79 Å². The quantitative estimate of drug-likeness (QED) is 0.408. The molecule has 0 aliphatic heterocycles. The largest absolute Gasteiger partial charge is 0.497 e. The first-order chi connectivity index (χ1) is 14.0. The van der Waals surface area contributed by atoms with Crippen LogP contribution in [0.5, 0.6) is 5.75 Å². The zero-order valence-electron chi connectivity index (χ0n) is 17.6. The molecule has 1 N–H and O–H groups in total. The van der Waals surface area contributed by atoms with Crippen LogP contribution in [0.3, 0.4) is 0 Å². The van der Waals surface area contributed by atoms with E-state index in [1.807, 2.05) is 43.4 Å². The van der Waals surface area contributed by atoms with Crippen molar-refractivity contribution in [2.45, 2.75) is 59.0 Å². The van der Waals surface area contributed by atoms with Gasteiger partial charge in [-0.05, 0) is 45.2 Å². The van der Waals surface area contributed by atoms with E-state index in [1.54, 1.807) is 7.11 Å². The molecule has 1 aromatic carbocycles. The Kier molecular flexibility index (Phi) is 6.85. The van der Waals surface area contributed by atoms with Crippen molar-refractivity contribution in [1.29, 1.82) is 0 Å². The minimum Gasteiger partial charge on any atom is -0.497 e. The molecule has 8 heteroatoms. The van der Waals surface area contributed by atoms with Crippen LogP contribution in [0.1, 0.15) is 51.8 Å². The lowest BCUT2D eigenvalue weighted by atomic mass is 10.2. The summed E-state index contributed by atoms with van der Waals surface area (Å²) in [6, 6.07) is 5.78. The average Bonchev–Trinajstić information content (AvgIpc) is 3.11. The highest BCUT2D eigenvalue weighted by atomic mass is 16.5. The van der Waals surface area contributed by atoms with Crippen molar-refractivity contribution in [1.82, 2.24) is 19.6 Å². The van der Waals surface area contributed by atoms with E-state index in [0.29, 0.717) is 17.9 Å². The maximum Gasteiger partial charge on any atom is 0.306 e. The second-order valence-corrected chi connectivity index (χ2v) is 7.17. The lowest BCUT2D eigenvalue weighted by Crippen LogP contribution is -2.13. The normalized spacial score (nSPS) is 12.3. The van der Waals surface area contributed by atoms with E-state index in [2.05, 4.69) is 15.5 Å². The molecule has 1 atom stereocenters. The van der Waals surface area contributed by atoms with Crippen molar-refractivity contribution < 1.29 is 14.3 Å². The van der Waals surface area contributed by atoms with Gasteiger partial charge in [0, 0.05) is 19.0 Å². The van der Waals surface area contributed by atoms with Gasteiger partial charge in [-0.1, -0.05) is 13.3 Å². The van der Waals surface area contributed by atoms with Gasteiger partial charge in [0.1, 0.15) is 11.6 Å². The highest BCUT2D eigenvalue weighted by Crippen LogP contribution is 2.25. The SMILES string of the molecule is CCC(C)OC(=O)CCCCCNc1nc2cc(OC)ccc2n2c(C)nnc12. The van der Waals surface area contributed by atoms with E-state index in [-0.39, 0.29) is 12.1 Å². The molecule has 0 aliphatic carbocycles. The van der Waals surface area contributed by atoms with Crippen LogP contribution in [0.15, 0.2) is 18.2 Å². The van der Waals surface area contributed by atoms with Crippen molar-refractivity contribution in [3.8, 4) is 5.75 Å². The maximum absolute atomic E-state index is 11.7. The molecule has 2 heterocycles. The van der Waals surface area contributed by atoms with Gasteiger partial charge in [-0.15, -0.1) is 10.2 Å². The summed E-state index contributed by atoms with van der Waals surface area (Å²) in [6.45, 7) is 6.59. The van der Waals surface area contributed by atoms with Crippen LogP contribution in [0.2, 0.25) is 0 Å². The molecule has 0 radical (unpaired) electrons. The number of unbranched alkanes of at least 4 members (excludes halogenated alkanes) is 2. The molecule has 3 aromatic rings. The third-order valence-corrected chi connectivity index (χ3v) is 4.95. The number of nitrogens with one attached hydrogen (secondary N) is 1. The molecule has 0 saturated heterocycles. The lowest BCUT2D eigenvalue weighted by Gasteiger charge is -2.11. The Bertz CT molecular complexity index is 985. The fourth-order valence-corrected chi connectivity index (χ4v) is 3.15. The summed E-state index contributed by atoms with van der Waals surface area (Å²) >= 11 is 0. The van der Waals surface area contributed by atoms with Gasteiger partial charge in [-0.25, -0.2) is 4.98 Å². The Labute approximate surface area is 170 Å². The van der Waals surface area contributed by atoms with Gasteiger partial charge in [-0.3, -0.25) is 9.20 Å². The summed E-state index contributed by atoms with van der Waals surface area (Å²) in [7, 11) is 1.64. The Morgan fingerprint density at radius 1 is 1.24 bits per heavy atom. The van der Waals surface area contributed by atoms with E-state index in [0.717, 1.165) is 54.8 Å². The number of ether oxygens (including phenoxy) is 2. The van der Waals surface area contributed by atoms with Gasteiger partial charge < -0.3 is 14.8 Å². The second kappa shape index (κ2) is 9.54. The van der Waals surface area contributed by atoms with Crippen molar-refractivity contribution in [2.75, 3.05) is 19.0 Å². The number of hydrogen-bond donors (Lipinski definition) is 1. The van der Waals surface area contributed by atoms with Crippen LogP contribution >= 0.6 is 0 Å². The molecule has 0 amide bonds. The molecule has 0 aliphatic rings. The number of nitrogens with zero attached hydrogens (tertiary/aromatic N) is 4. The van der Waals surface area contributed by atoms with Gasteiger partial charge in [0.15, 0.2) is 5.82 Å². The summed E-state index contributed by atoms with van der Waals surface area (Å²) in [5.41, 5.74) is 2.46. The summed E-state index contributed by atoms with van der Waals surface area (Å²) in [4.78, 5) is 16.4. The number of esters is 1. The molecule has 3 rings (SSSR count). The Morgan fingerprint density at radius 3 is 2.83 bits per heavy atom. The maximum atomic E-state index is 11.7. The van der Waals surface area contributed by atoms with Crippen molar-refractivity contribution >= 4 is 28.5 Å². The summed E-state index contributed by atoms with van der Waals surface area (Å²) in [6.07, 6.45) is 3.98. The number of aryl methyl sites for hydroxylation is 1. The highest BCUT2D eigenvalue weighted by molar-refractivity contribution is 5.84. The van der Waals surface area contributed by atoms with Crippen LogP contribution in [-0.2, 0) is 9.53 Å². The van der Waals surface area contributed by atoms with Crippen LogP contribution in [-0.4, -0.2) is 45.3 Å². The van der Waals surface area contributed by atoms with Crippen molar-refractivity contribution in [3.05, 3.63) is 24.0 Å². The number of rotatable bonds is 10. The first kappa shape index (κ1) is 20.8. The molecule has 8 nitrogen and oxygen atoms in total. The number of methoxy groups -OCH3 is 1. The predicted octanol–water partition coefficient (Wildman–Crippen LogP) is 3.91. The number of benzene rings is 1. The average molecular weight is 399 g/mol.